The molecule has 0 saturated carbocycles. The van der Waals surface area contributed by atoms with Gasteiger partial charge in [-0.05, 0) is 55.6 Å². The molecule has 1 N–H and O–H groups in total. The normalized spacial score (nSPS) is 17.6. The lowest BCUT2D eigenvalue weighted by molar-refractivity contribution is 0.0135. The number of fused-ring (bicyclic) bond motifs is 5. The summed E-state index contributed by atoms with van der Waals surface area (Å²) in [6.07, 6.45) is 1.39. The summed E-state index contributed by atoms with van der Waals surface area (Å²) in [5.74, 6) is 0. The maximum atomic E-state index is 10.9. The molecule has 2 aliphatic rings. The van der Waals surface area contributed by atoms with E-state index in [4.69, 9.17) is 9.84 Å². The number of carbonyl (C=O) groups is 1. The van der Waals surface area contributed by atoms with E-state index in [9.17, 15) is 4.79 Å². The van der Waals surface area contributed by atoms with Gasteiger partial charge < -0.3 is 14.7 Å². The standard InChI is InChI=1S/C27H28N2O3/c30-27(31)32-20-9-7-16-28(19-20)17-8-18-29-25-14-5-3-12-23(25)21-10-1-2-11-22(21)24-13-4-6-15-26(24)29/h1-6,10-15,20H,7-9,16-19H2,(H,30,31). The lowest BCUT2D eigenvalue weighted by atomic mass is 9.95. The fourth-order valence-corrected chi connectivity index (χ4v) is 5.10. The van der Waals surface area contributed by atoms with Crippen LogP contribution in [0.1, 0.15) is 19.3 Å². The minimum Gasteiger partial charge on any atom is -0.450 e. The van der Waals surface area contributed by atoms with Gasteiger partial charge >= 0.3 is 6.16 Å². The molecule has 0 amide bonds. The summed E-state index contributed by atoms with van der Waals surface area (Å²) < 4.78 is 5.03. The molecule has 0 bridgehead atoms. The molecule has 0 aromatic heterocycles. The van der Waals surface area contributed by atoms with E-state index in [0.29, 0.717) is 6.54 Å². The number of likely N-dealkylation sites (tertiary alicyclic amines) is 1. The monoisotopic (exact) mass is 428 g/mol. The van der Waals surface area contributed by atoms with Crippen molar-refractivity contribution in [3.63, 3.8) is 0 Å². The molecule has 1 fully saturated rings. The first kappa shape index (κ1) is 20.6. The van der Waals surface area contributed by atoms with Crippen molar-refractivity contribution < 1.29 is 14.6 Å². The highest BCUT2D eigenvalue weighted by Gasteiger charge is 2.25. The van der Waals surface area contributed by atoms with E-state index < -0.39 is 6.16 Å². The Balaban J connectivity index is 1.40. The van der Waals surface area contributed by atoms with Crippen LogP contribution in [0.5, 0.6) is 0 Å². The summed E-state index contributed by atoms with van der Waals surface area (Å²) in [5.41, 5.74) is 7.51. The van der Waals surface area contributed by atoms with Crippen LogP contribution in [-0.4, -0.2) is 48.4 Å². The van der Waals surface area contributed by atoms with E-state index in [1.165, 1.54) is 33.6 Å². The van der Waals surface area contributed by atoms with Gasteiger partial charge in [-0.25, -0.2) is 4.79 Å². The first-order chi connectivity index (χ1) is 15.7. The van der Waals surface area contributed by atoms with Crippen LogP contribution in [-0.2, 0) is 4.74 Å². The highest BCUT2D eigenvalue weighted by Crippen LogP contribution is 2.47. The Hall–Kier alpha value is -3.31. The smallest absolute Gasteiger partial charge is 0.450 e. The molecule has 32 heavy (non-hydrogen) atoms. The van der Waals surface area contributed by atoms with Crippen LogP contribution < -0.4 is 4.90 Å². The quantitative estimate of drug-likeness (QED) is 0.504. The molecule has 1 atom stereocenters. The molecule has 2 heterocycles. The Bertz CT molecular complexity index is 1050. The van der Waals surface area contributed by atoms with E-state index in [2.05, 4.69) is 82.6 Å². The Morgan fingerprint density at radius 2 is 1.41 bits per heavy atom. The van der Waals surface area contributed by atoms with Gasteiger partial charge in [-0.3, -0.25) is 4.90 Å². The number of benzene rings is 3. The van der Waals surface area contributed by atoms with E-state index in [1.54, 1.807) is 0 Å². The van der Waals surface area contributed by atoms with Crippen LogP contribution in [0.15, 0.2) is 72.8 Å². The van der Waals surface area contributed by atoms with E-state index >= 15 is 0 Å². The first-order valence-corrected chi connectivity index (χ1v) is 11.4. The van der Waals surface area contributed by atoms with Crippen LogP contribution in [0.2, 0.25) is 0 Å². The van der Waals surface area contributed by atoms with Gasteiger partial charge in [0.15, 0.2) is 0 Å². The van der Waals surface area contributed by atoms with E-state index in [1.807, 2.05) is 0 Å². The fourth-order valence-electron chi connectivity index (χ4n) is 5.10. The van der Waals surface area contributed by atoms with Crippen molar-refractivity contribution in [3.8, 4) is 22.3 Å². The lowest BCUT2D eigenvalue weighted by Gasteiger charge is -2.33. The van der Waals surface area contributed by atoms with E-state index in [-0.39, 0.29) is 6.10 Å². The molecule has 0 radical (unpaired) electrons. The predicted octanol–water partition coefficient (Wildman–Crippen LogP) is 6.02. The molecule has 5 heteroatoms. The third kappa shape index (κ3) is 4.08. The van der Waals surface area contributed by atoms with Gasteiger partial charge in [-0.1, -0.05) is 60.7 Å². The van der Waals surface area contributed by atoms with E-state index in [0.717, 1.165) is 38.9 Å². The number of piperidine rings is 1. The summed E-state index contributed by atoms with van der Waals surface area (Å²) in [6, 6.07) is 26.0. The number of rotatable bonds is 5. The Morgan fingerprint density at radius 3 is 2.00 bits per heavy atom. The largest absolute Gasteiger partial charge is 0.506 e. The molecule has 3 aromatic carbocycles. The van der Waals surface area contributed by atoms with Crippen LogP contribution in [0, 0.1) is 0 Å². The fraction of sp³-hybridized carbons (Fsp3) is 0.296. The highest BCUT2D eigenvalue weighted by molar-refractivity contribution is 5.99. The third-order valence-corrected chi connectivity index (χ3v) is 6.48. The maximum Gasteiger partial charge on any atom is 0.506 e. The zero-order chi connectivity index (χ0) is 21.9. The number of hydrogen-bond acceptors (Lipinski definition) is 4. The maximum absolute atomic E-state index is 10.9. The summed E-state index contributed by atoms with van der Waals surface area (Å²) in [4.78, 5) is 15.7. The number of hydrogen-bond donors (Lipinski definition) is 1. The molecule has 3 aromatic rings. The Labute approximate surface area is 188 Å². The van der Waals surface area contributed by atoms with Gasteiger partial charge in [-0.2, -0.15) is 0 Å². The molecule has 1 saturated heterocycles. The highest BCUT2D eigenvalue weighted by atomic mass is 16.7. The number of nitrogens with zero attached hydrogens (tertiary/aromatic N) is 2. The SMILES string of the molecule is O=C(O)OC1CCCN(CCCN2c3ccccc3-c3ccccc3-c3ccccc32)C1. The minimum atomic E-state index is -1.17. The van der Waals surface area contributed by atoms with Gasteiger partial charge in [0, 0.05) is 35.6 Å². The van der Waals surface area contributed by atoms with Crippen LogP contribution in [0.25, 0.3) is 22.3 Å². The molecule has 5 nitrogen and oxygen atoms in total. The van der Waals surface area contributed by atoms with Crippen molar-refractivity contribution in [1.29, 1.82) is 0 Å². The molecule has 1 unspecified atom stereocenters. The van der Waals surface area contributed by atoms with Crippen molar-refractivity contribution in [1.82, 2.24) is 4.90 Å². The first-order valence-electron chi connectivity index (χ1n) is 11.4. The van der Waals surface area contributed by atoms with Crippen molar-refractivity contribution >= 4 is 17.5 Å². The molecule has 0 spiro atoms. The van der Waals surface area contributed by atoms with Crippen molar-refractivity contribution in [2.75, 3.05) is 31.1 Å². The van der Waals surface area contributed by atoms with Crippen molar-refractivity contribution in [3.05, 3.63) is 72.8 Å². The van der Waals surface area contributed by atoms with Gasteiger partial charge in [0.05, 0.1) is 0 Å². The average molecular weight is 429 g/mol. The summed E-state index contributed by atoms with van der Waals surface area (Å²) >= 11 is 0. The summed E-state index contributed by atoms with van der Waals surface area (Å²) in [7, 11) is 0. The zero-order valence-electron chi connectivity index (χ0n) is 18.1. The lowest BCUT2D eigenvalue weighted by Crippen LogP contribution is -2.41. The molecule has 5 rings (SSSR count). The van der Waals surface area contributed by atoms with Gasteiger partial charge in [0.25, 0.3) is 0 Å². The molecule has 0 aliphatic carbocycles. The predicted molar refractivity (Wildman–Crippen MR) is 128 cm³/mol. The second-order valence-corrected chi connectivity index (χ2v) is 8.53. The van der Waals surface area contributed by atoms with Crippen LogP contribution in [0.4, 0.5) is 16.2 Å². The van der Waals surface area contributed by atoms with Crippen molar-refractivity contribution in [2.45, 2.75) is 25.4 Å². The number of ether oxygens (including phenoxy) is 1. The number of anilines is 2. The molecule has 2 aliphatic heterocycles. The van der Waals surface area contributed by atoms with Crippen LogP contribution >= 0.6 is 0 Å². The Morgan fingerprint density at radius 1 is 0.844 bits per heavy atom. The second kappa shape index (κ2) is 9.05. The number of carboxylic acid groups (broad SMARTS) is 1. The molecular weight excluding hydrogens is 400 g/mol. The minimum absolute atomic E-state index is 0.213. The average Bonchev–Trinajstić information content (AvgIpc) is 2.93. The Kier molecular flexibility index (Phi) is 5.82. The van der Waals surface area contributed by atoms with Crippen LogP contribution in [0.3, 0.4) is 0 Å². The van der Waals surface area contributed by atoms with Crippen molar-refractivity contribution in [2.24, 2.45) is 0 Å². The van der Waals surface area contributed by atoms with Gasteiger partial charge in [-0.15, -0.1) is 0 Å². The zero-order valence-corrected chi connectivity index (χ0v) is 18.1. The summed E-state index contributed by atoms with van der Waals surface area (Å²) in [6.45, 7) is 3.50. The summed E-state index contributed by atoms with van der Waals surface area (Å²) in [5, 5.41) is 8.94. The van der Waals surface area contributed by atoms with Gasteiger partial charge in [0.2, 0.25) is 0 Å². The number of para-hydroxylation sites is 2. The topological polar surface area (TPSA) is 53.0 Å². The molecular formula is C27H28N2O3. The van der Waals surface area contributed by atoms with Gasteiger partial charge in [0.1, 0.15) is 6.10 Å². The second-order valence-electron chi connectivity index (χ2n) is 8.53. The molecule has 164 valence electrons. The third-order valence-electron chi connectivity index (χ3n) is 6.48.